The smallest absolute Gasteiger partial charge is 0.0534 e. The number of hydrogen-bond donors (Lipinski definition) is 1. The number of aryl methyl sites for hydroxylation is 1. The maximum atomic E-state index is 4.19. The van der Waals surface area contributed by atoms with Crippen molar-refractivity contribution in [3.8, 4) is 0 Å². The lowest BCUT2D eigenvalue weighted by Gasteiger charge is -2.21. The van der Waals surface area contributed by atoms with Crippen molar-refractivity contribution in [2.45, 2.75) is 33.4 Å². The highest BCUT2D eigenvalue weighted by molar-refractivity contribution is 5.02. The molecule has 1 rings (SSSR count). The predicted octanol–water partition coefficient (Wildman–Crippen LogP) is 1.49. The Morgan fingerprint density at radius 1 is 1.41 bits per heavy atom. The minimum Gasteiger partial charge on any atom is -0.314 e. The van der Waals surface area contributed by atoms with Crippen LogP contribution in [0.15, 0.2) is 12.4 Å². The molecule has 0 saturated heterocycles. The summed E-state index contributed by atoms with van der Waals surface area (Å²) in [5, 5.41) is 7.66. The molecule has 98 valence electrons. The zero-order chi connectivity index (χ0) is 12.8. The third kappa shape index (κ3) is 5.84. The number of aromatic nitrogens is 2. The monoisotopic (exact) mass is 238 g/mol. The second-order valence-corrected chi connectivity index (χ2v) is 5.39. The minimum absolute atomic E-state index is 0.570. The Bertz CT molecular complexity index is 319. The Morgan fingerprint density at radius 2 is 2.12 bits per heavy atom. The van der Waals surface area contributed by atoms with Crippen LogP contribution in [0.4, 0.5) is 0 Å². The first-order valence-electron chi connectivity index (χ1n) is 6.36. The van der Waals surface area contributed by atoms with Gasteiger partial charge in [0.2, 0.25) is 0 Å². The van der Waals surface area contributed by atoms with Crippen LogP contribution >= 0.6 is 0 Å². The van der Waals surface area contributed by atoms with Gasteiger partial charge in [0, 0.05) is 37.9 Å². The van der Waals surface area contributed by atoms with Gasteiger partial charge in [-0.25, -0.2) is 0 Å². The van der Waals surface area contributed by atoms with Gasteiger partial charge in [0.1, 0.15) is 0 Å². The summed E-state index contributed by atoms with van der Waals surface area (Å²) in [4.78, 5) is 2.35. The number of nitrogens with zero attached hydrogens (tertiary/aromatic N) is 3. The fourth-order valence-corrected chi connectivity index (χ4v) is 1.96. The molecule has 0 aliphatic carbocycles. The predicted molar refractivity (Wildman–Crippen MR) is 71.8 cm³/mol. The summed E-state index contributed by atoms with van der Waals surface area (Å²) in [5.41, 5.74) is 1.28. The summed E-state index contributed by atoms with van der Waals surface area (Å²) >= 11 is 0. The maximum Gasteiger partial charge on any atom is 0.0534 e. The van der Waals surface area contributed by atoms with Crippen molar-refractivity contribution in [3.05, 3.63) is 18.0 Å². The lowest BCUT2D eigenvalue weighted by molar-refractivity contribution is 0.271. The lowest BCUT2D eigenvalue weighted by atomic mass is 10.1. The summed E-state index contributed by atoms with van der Waals surface area (Å²) in [7, 11) is 4.12. The second-order valence-electron chi connectivity index (χ2n) is 5.39. The molecule has 4 heteroatoms. The topological polar surface area (TPSA) is 33.1 Å². The van der Waals surface area contributed by atoms with E-state index >= 15 is 0 Å². The highest BCUT2D eigenvalue weighted by Gasteiger charge is 2.08. The molecule has 0 spiro atoms. The Kier molecular flexibility index (Phi) is 5.65. The van der Waals surface area contributed by atoms with Gasteiger partial charge in [0.05, 0.1) is 6.20 Å². The number of nitrogens with one attached hydrogen (secondary N) is 1. The first-order valence-corrected chi connectivity index (χ1v) is 6.36. The zero-order valence-electron chi connectivity index (χ0n) is 11.8. The molecule has 1 unspecified atom stereocenters. The van der Waals surface area contributed by atoms with Gasteiger partial charge in [-0.05, 0) is 19.5 Å². The van der Waals surface area contributed by atoms with Gasteiger partial charge in [0.15, 0.2) is 0 Å². The normalized spacial score (nSPS) is 13.6. The van der Waals surface area contributed by atoms with Crippen molar-refractivity contribution in [3.63, 3.8) is 0 Å². The van der Waals surface area contributed by atoms with Crippen LogP contribution in [0.2, 0.25) is 0 Å². The average Bonchev–Trinajstić information content (AvgIpc) is 2.60. The summed E-state index contributed by atoms with van der Waals surface area (Å²) in [6.45, 7) is 9.82. The molecular formula is C13H26N4. The molecule has 1 aromatic rings. The van der Waals surface area contributed by atoms with E-state index in [-0.39, 0.29) is 0 Å². The van der Waals surface area contributed by atoms with Gasteiger partial charge >= 0.3 is 0 Å². The van der Waals surface area contributed by atoms with E-state index in [1.165, 1.54) is 5.56 Å². The molecule has 1 aromatic heterocycles. The molecule has 0 saturated carbocycles. The van der Waals surface area contributed by atoms with Gasteiger partial charge in [0.25, 0.3) is 0 Å². The maximum absolute atomic E-state index is 4.19. The highest BCUT2D eigenvalue weighted by atomic mass is 15.2. The second kappa shape index (κ2) is 6.77. The van der Waals surface area contributed by atoms with Crippen molar-refractivity contribution < 1.29 is 0 Å². The van der Waals surface area contributed by atoms with E-state index in [2.05, 4.69) is 49.3 Å². The molecule has 1 atom stereocenters. The van der Waals surface area contributed by atoms with Gasteiger partial charge in [-0.2, -0.15) is 5.10 Å². The quantitative estimate of drug-likeness (QED) is 0.781. The first-order chi connectivity index (χ1) is 7.97. The van der Waals surface area contributed by atoms with E-state index in [0.717, 1.165) is 19.6 Å². The summed E-state index contributed by atoms with van der Waals surface area (Å²) < 4.78 is 1.85. The van der Waals surface area contributed by atoms with E-state index in [0.29, 0.717) is 12.0 Å². The van der Waals surface area contributed by atoms with Crippen LogP contribution in [0.1, 0.15) is 26.3 Å². The highest BCUT2D eigenvalue weighted by Crippen LogP contribution is 2.04. The molecule has 0 amide bonds. The Morgan fingerprint density at radius 3 is 2.65 bits per heavy atom. The zero-order valence-corrected chi connectivity index (χ0v) is 11.8. The molecule has 0 radical (unpaired) electrons. The van der Waals surface area contributed by atoms with E-state index in [1.54, 1.807) is 0 Å². The third-order valence-corrected chi connectivity index (χ3v) is 2.71. The molecule has 0 bridgehead atoms. The molecule has 0 fully saturated rings. The van der Waals surface area contributed by atoms with Crippen LogP contribution in [0.5, 0.6) is 0 Å². The SMILES string of the molecule is CC(CNC(C)C)CN(C)Cc1cnn(C)c1. The van der Waals surface area contributed by atoms with E-state index in [1.807, 2.05) is 17.9 Å². The van der Waals surface area contributed by atoms with Crippen molar-refractivity contribution >= 4 is 0 Å². The van der Waals surface area contributed by atoms with Gasteiger partial charge in [-0.3, -0.25) is 4.68 Å². The van der Waals surface area contributed by atoms with E-state index in [4.69, 9.17) is 0 Å². The van der Waals surface area contributed by atoms with Crippen LogP contribution in [-0.2, 0) is 13.6 Å². The van der Waals surface area contributed by atoms with Crippen LogP contribution in [0.25, 0.3) is 0 Å². The lowest BCUT2D eigenvalue weighted by Crippen LogP contribution is -2.33. The van der Waals surface area contributed by atoms with Gasteiger partial charge < -0.3 is 10.2 Å². The Labute approximate surface area is 105 Å². The molecular weight excluding hydrogens is 212 g/mol. The molecule has 0 aliphatic rings. The van der Waals surface area contributed by atoms with E-state index in [9.17, 15) is 0 Å². The van der Waals surface area contributed by atoms with Gasteiger partial charge in [-0.15, -0.1) is 0 Å². The fraction of sp³-hybridized carbons (Fsp3) is 0.769. The standard InChI is InChI=1S/C13H26N4/c1-11(2)14-6-12(3)8-16(4)9-13-7-15-17(5)10-13/h7,10-12,14H,6,8-9H2,1-5H3. The molecule has 0 aromatic carbocycles. The summed E-state index contributed by atoms with van der Waals surface area (Å²) in [6, 6.07) is 0.570. The summed E-state index contributed by atoms with van der Waals surface area (Å²) in [5.74, 6) is 0.666. The van der Waals surface area contributed by atoms with Crippen molar-refractivity contribution in [1.29, 1.82) is 0 Å². The van der Waals surface area contributed by atoms with Crippen molar-refractivity contribution in [2.24, 2.45) is 13.0 Å². The van der Waals surface area contributed by atoms with Crippen molar-refractivity contribution in [1.82, 2.24) is 20.0 Å². The Balaban J connectivity index is 2.26. The average molecular weight is 238 g/mol. The van der Waals surface area contributed by atoms with Crippen LogP contribution < -0.4 is 5.32 Å². The molecule has 17 heavy (non-hydrogen) atoms. The first kappa shape index (κ1) is 14.2. The van der Waals surface area contributed by atoms with Crippen LogP contribution in [-0.4, -0.2) is 40.9 Å². The summed E-state index contributed by atoms with van der Waals surface area (Å²) in [6.07, 6.45) is 4.01. The molecule has 0 aliphatic heterocycles. The van der Waals surface area contributed by atoms with Crippen LogP contribution in [0, 0.1) is 5.92 Å². The van der Waals surface area contributed by atoms with Crippen molar-refractivity contribution in [2.75, 3.05) is 20.1 Å². The van der Waals surface area contributed by atoms with E-state index < -0.39 is 0 Å². The molecule has 1 N–H and O–H groups in total. The minimum atomic E-state index is 0.570. The largest absolute Gasteiger partial charge is 0.314 e. The fourth-order valence-electron chi connectivity index (χ4n) is 1.96. The number of rotatable bonds is 7. The number of hydrogen-bond acceptors (Lipinski definition) is 3. The third-order valence-electron chi connectivity index (χ3n) is 2.71. The van der Waals surface area contributed by atoms with Crippen LogP contribution in [0.3, 0.4) is 0 Å². The Hall–Kier alpha value is -0.870. The molecule has 4 nitrogen and oxygen atoms in total. The van der Waals surface area contributed by atoms with Gasteiger partial charge in [-0.1, -0.05) is 20.8 Å². The molecule has 1 heterocycles.